The molecular weight excluding hydrogens is 336 g/mol. The first kappa shape index (κ1) is 19.0. The van der Waals surface area contributed by atoms with Crippen LogP contribution in [0, 0.1) is 17.2 Å². The molecule has 2 aromatic rings. The topological polar surface area (TPSA) is 87.8 Å². The van der Waals surface area contributed by atoms with E-state index in [-0.39, 0.29) is 17.4 Å². The molecule has 2 rings (SSSR count). The van der Waals surface area contributed by atoms with E-state index in [1.165, 1.54) is 16.3 Å². The number of benzene rings is 1. The van der Waals surface area contributed by atoms with Crippen molar-refractivity contribution in [2.45, 2.75) is 43.6 Å². The van der Waals surface area contributed by atoms with Gasteiger partial charge in [-0.05, 0) is 31.9 Å². The lowest BCUT2D eigenvalue weighted by Crippen LogP contribution is -2.51. The minimum Gasteiger partial charge on any atom is -0.337 e. The van der Waals surface area contributed by atoms with Gasteiger partial charge in [0.05, 0.1) is 22.2 Å². The monoisotopic (exact) mass is 358 g/mol. The number of carbonyl (C=O) groups excluding carboxylic acids is 1. The smallest absolute Gasteiger partial charge is 0.261 e. The predicted octanol–water partition coefficient (Wildman–Crippen LogP) is 2.47. The third kappa shape index (κ3) is 3.85. The lowest BCUT2D eigenvalue weighted by Gasteiger charge is -2.28. The zero-order valence-corrected chi connectivity index (χ0v) is 15.8. The van der Waals surface area contributed by atoms with E-state index in [0.29, 0.717) is 16.1 Å². The highest BCUT2D eigenvalue weighted by molar-refractivity contribution is 8.00. The molecular formula is C18H22N4O2S. The molecule has 2 atom stereocenters. The van der Waals surface area contributed by atoms with E-state index in [2.05, 4.69) is 16.4 Å². The van der Waals surface area contributed by atoms with Gasteiger partial charge in [0.25, 0.3) is 5.56 Å². The van der Waals surface area contributed by atoms with Crippen molar-refractivity contribution in [3.05, 3.63) is 34.6 Å². The molecule has 1 N–H and O–H groups in total. The van der Waals surface area contributed by atoms with Gasteiger partial charge in [0.2, 0.25) is 5.91 Å². The average Bonchev–Trinajstić information content (AvgIpc) is 2.58. The number of nitriles is 1. The van der Waals surface area contributed by atoms with Crippen molar-refractivity contribution < 1.29 is 4.79 Å². The molecule has 7 heteroatoms. The summed E-state index contributed by atoms with van der Waals surface area (Å²) >= 11 is 1.20. The van der Waals surface area contributed by atoms with Crippen LogP contribution < -0.4 is 10.9 Å². The molecule has 132 valence electrons. The number of amides is 1. The molecule has 0 saturated heterocycles. The van der Waals surface area contributed by atoms with Crippen LogP contribution in [0.2, 0.25) is 0 Å². The van der Waals surface area contributed by atoms with Crippen molar-refractivity contribution in [2.75, 3.05) is 0 Å². The standard InChI is InChI=1S/C18H22N4O2S/c1-11(2)18(4,10-19)21-15(23)12(3)25-17-20-14-9-7-6-8-13(14)16(24)22(17)5/h6-9,11-12H,1-5H3,(H,21,23). The quantitative estimate of drug-likeness (QED) is 0.655. The number of para-hydroxylation sites is 1. The minimum atomic E-state index is -0.936. The maximum atomic E-state index is 12.5. The maximum absolute atomic E-state index is 12.5. The zero-order chi connectivity index (χ0) is 18.8. The van der Waals surface area contributed by atoms with Crippen LogP contribution in [0.25, 0.3) is 10.9 Å². The van der Waals surface area contributed by atoms with Gasteiger partial charge in [-0.3, -0.25) is 14.2 Å². The van der Waals surface area contributed by atoms with Gasteiger partial charge in [-0.2, -0.15) is 5.26 Å². The van der Waals surface area contributed by atoms with Gasteiger partial charge in [0.15, 0.2) is 5.16 Å². The molecule has 0 bridgehead atoms. The number of hydrogen-bond acceptors (Lipinski definition) is 5. The zero-order valence-electron chi connectivity index (χ0n) is 15.0. The highest BCUT2D eigenvalue weighted by Crippen LogP contribution is 2.23. The Morgan fingerprint density at radius 2 is 2.00 bits per heavy atom. The molecule has 1 aromatic heterocycles. The highest BCUT2D eigenvalue weighted by atomic mass is 32.2. The number of hydrogen-bond donors (Lipinski definition) is 1. The Labute approximate surface area is 151 Å². The van der Waals surface area contributed by atoms with Gasteiger partial charge in [0, 0.05) is 7.05 Å². The summed E-state index contributed by atoms with van der Waals surface area (Å²) in [5, 5.41) is 12.7. The third-order valence-corrected chi connectivity index (χ3v) is 5.51. The second-order valence-corrected chi connectivity index (χ2v) is 7.80. The second-order valence-electron chi connectivity index (χ2n) is 6.49. The highest BCUT2D eigenvalue weighted by Gasteiger charge is 2.32. The van der Waals surface area contributed by atoms with Crippen LogP contribution in [0.4, 0.5) is 0 Å². The Hall–Kier alpha value is -2.33. The number of fused-ring (bicyclic) bond motifs is 1. The summed E-state index contributed by atoms with van der Waals surface area (Å²) in [5.41, 5.74) is -0.483. The largest absolute Gasteiger partial charge is 0.337 e. The van der Waals surface area contributed by atoms with Crippen LogP contribution in [0.3, 0.4) is 0 Å². The second kappa shape index (κ2) is 7.28. The normalized spacial score (nSPS) is 14.8. The Bertz CT molecular complexity index is 900. The molecule has 0 radical (unpaired) electrons. The van der Waals surface area contributed by atoms with Crippen LogP contribution in [0.15, 0.2) is 34.2 Å². The first-order valence-electron chi connectivity index (χ1n) is 8.05. The molecule has 0 aliphatic heterocycles. The predicted molar refractivity (Wildman–Crippen MR) is 99.3 cm³/mol. The van der Waals surface area contributed by atoms with Gasteiger partial charge in [-0.1, -0.05) is 37.7 Å². The summed E-state index contributed by atoms with van der Waals surface area (Å²) in [5.74, 6) is -0.285. The van der Waals surface area contributed by atoms with Crippen LogP contribution in [-0.2, 0) is 11.8 Å². The summed E-state index contributed by atoms with van der Waals surface area (Å²) in [4.78, 5) is 29.4. The summed E-state index contributed by atoms with van der Waals surface area (Å²) in [7, 11) is 1.64. The first-order valence-corrected chi connectivity index (χ1v) is 8.93. The fourth-order valence-electron chi connectivity index (χ4n) is 2.17. The Balaban J connectivity index is 2.26. The Morgan fingerprint density at radius 3 is 2.60 bits per heavy atom. The van der Waals surface area contributed by atoms with E-state index >= 15 is 0 Å². The molecule has 0 aliphatic rings. The lowest BCUT2D eigenvalue weighted by molar-refractivity contribution is -0.121. The van der Waals surface area contributed by atoms with E-state index < -0.39 is 10.8 Å². The van der Waals surface area contributed by atoms with Crippen molar-refractivity contribution in [3.63, 3.8) is 0 Å². The van der Waals surface area contributed by atoms with Gasteiger partial charge < -0.3 is 5.32 Å². The van der Waals surface area contributed by atoms with Crippen LogP contribution in [0.5, 0.6) is 0 Å². The van der Waals surface area contributed by atoms with Crippen LogP contribution in [0.1, 0.15) is 27.7 Å². The van der Waals surface area contributed by atoms with Crippen molar-refractivity contribution >= 4 is 28.6 Å². The van der Waals surface area contributed by atoms with Crippen molar-refractivity contribution in [2.24, 2.45) is 13.0 Å². The number of nitrogens with zero attached hydrogens (tertiary/aromatic N) is 3. The molecule has 0 fully saturated rings. The van der Waals surface area contributed by atoms with Crippen LogP contribution >= 0.6 is 11.8 Å². The molecule has 1 amide bonds. The fraction of sp³-hybridized carbons (Fsp3) is 0.444. The van der Waals surface area contributed by atoms with E-state index in [1.807, 2.05) is 19.9 Å². The van der Waals surface area contributed by atoms with E-state index in [9.17, 15) is 14.9 Å². The molecule has 2 unspecified atom stereocenters. The molecule has 0 aliphatic carbocycles. The van der Waals surface area contributed by atoms with E-state index in [1.54, 1.807) is 39.1 Å². The maximum Gasteiger partial charge on any atom is 0.261 e. The average molecular weight is 358 g/mol. The molecule has 0 saturated carbocycles. The number of thioether (sulfide) groups is 1. The van der Waals surface area contributed by atoms with Gasteiger partial charge >= 0.3 is 0 Å². The number of aromatic nitrogens is 2. The SMILES string of the molecule is CC(Sc1nc2ccccc2c(=O)n1C)C(=O)NC(C)(C#N)C(C)C. The van der Waals surface area contributed by atoms with Crippen molar-refractivity contribution in [1.29, 1.82) is 5.26 Å². The van der Waals surface area contributed by atoms with Gasteiger partial charge in [-0.25, -0.2) is 4.98 Å². The Morgan fingerprint density at radius 1 is 1.36 bits per heavy atom. The van der Waals surface area contributed by atoms with E-state index in [4.69, 9.17) is 0 Å². The number of carbonyl (C=O) groups is 1. The summed E-state index contributed by atoms with van der Waals surface area (Å²) in [6.07, 6.45) is 0. The van der Waals surface area contributed by atoms with Gasteiger partial charge in [0.1, 0.15) is 5.54 Å². The molecule has 6 nitrogen and oxygen atoms in total. The minimum absolute atomic E-state index is 0.0261. The number of nitrogens with one attached hydrogen (secondary N) is 1. The Kier molecular flexibility index (Phi) is 5.53. The summed E-state index contributed by atoms with van der Waals surface area (Å²) in [6, 6.07) is 9.28. The lowest BCUT2D eigenvalue weighted by atomic mass is 9.90. The van der Waals surface area contributed by atoms with Crippen molar-refractivity contribution in [1.82, 2.24) is 14.9 Å². The number of rotatable bonds is 5. The molecule has 1 aromatic carbocycles. The summed E-state index contributed by atoms with van der Waals surface area (Å²) in [6.45, 7) is 7.21. The van der Waals surface area contributed by atoms with Crippen LogP contribution in [-0.4, -0.2) is 26.2 Å². The van der Waals surface area contributed by atoms with Gasteiger partial charge in [-0.15, -0.1) is 0 Å². The fourth-order valence-corrected chi connectivity index (χ4v) is 3.05. The molecule has 0 spiro atoms. The van der Waals surface area contributed by atoms with E-state index in [0.717, 1.165) is 0 Å². The molecule has 1 heterocycles. The van der Waals surface area contributed by atoms with Crippen molar-refractivity contribution in [3.8, 4) is 6.07 Å². The summed E-state index contributed by atoms with van der Waals surface area (Å²) < 4.78 is 1.45. The third-order valence-electron chi connectivity index (χ3n) is 4.36. The molecule has 25 heavy (non-hydrogen) atoms. The first-order chi connectivity index (χ1) is 11.7.